The summed E-state index contributed by atoms with van der Waals surface area (Å²) in [5.74, 6) is 0. The van der Waals surface area contributed by atoms with Crippen LogP contribution in [0.4, 0.5) is 0 Å². The van der Waals surface area contributed by atoms with E-state index in [-0.39, 0.29) is 0 Å². The molecule has 0 heterocycles. The van der Waals surface area contributed by atoms with Crippen molar-refractivity contribution in [2.24, 2.45) is 4.99 Å². The molecule has 0 N–H and O–H groups in total. The van der Waals surface area contributed by atoms with Crippen LogP contribution in [0.3, 0.4) is 0 Å². The molecule has 3 heteroatoms. The molecule has 2 nitrogen and oxygen atoms in total. The van der Waals surface area contributed by atoms with Crippen LogP contribution in [0, 0.1) is 0 Å². The monoisotopic (exact) mass is 322 g/mol. The quantitative estimate of drug-likeness (QED) is 0.372. The fourth-order valence-electron chi connectivity index (χ4n) is 3.39. The second-order valence-corrected chi connectivity index (χ2v) is 11.7. The van der Waals surface area contributed by atoms with E-state index in [2.05, 4.69) is 79.2 Å². The zero-order chi connectivity index (χ0) is 17.4. The number of nitrogens with zero attached hydrogens (tertiary/aromatic N) is 2. The van der Waals surface area contributed by atoms with Gasteiger partial charge in [0, 0.05) is 11.8 Å². The van der Waals surface area contributed by atoms with Crippen molar-refractivity contribution >= 4 is 20.1 Å². The van der Waals surface area contributed by atoms with Crippen LogP contribution < -0.4 is 0 Å². The summed E-state index contributed by atoms with van der Waals surface area (Å²) in [5, 5.41) is 0. The van der Waals surface area contributed by atoms with Crippen LogP contribution >= 0.6 is 0 Å². The van der Waals surface area contributed by atoms with Gasteiger partial charge in [-0.1, -0.05) is 51.1 Å². The average Bonchev–Trinajstić information content (AvgIpc) is 2.39. The molecule has 0 aromatic heterocycles. The molecule has 0 saturated heterocycles. The summed E-state index contributed by atoms with van der Waals surface area (Å²) in [4.78, 5) is 4.80. The lowest BCUT2D eigenvalue weighted by Gasteiger charge is -2.41. The minimum absolute atomic E-state index is 0.375. The Morgan fingerprint density at radius 2 is 1.41 bits per heavy atom. The van der Waals surface area contributed by atoms with Gasteiger partial charge in [-0.25, -0.2) is 0 Å². The first-order valence-corrected chi connectivity index (χ1v) is 11.1. The molecule has 0 atom stereocenters. The fraction of sp³-hybridized carbons (Fsp3) is 0.842. The number of hydrogen-bond acceptors (Lipinski definition) is 2. The molecular formula is C19H39AlN2. The summed E-state index contributed by atoms with van der Waals surface area (Å²) in [5.41, 5.74) is 2.74. The first-order valence-electron chi connectivity index (χ1n) is 9.21. The van der Waals surface area contributed by atoms with Gasteiger partial charge in [-0.2, -0.15) is 0 Å². The maximum atomic E-state index is 4.80. The predicted octanol–water partition coefficient (Wildman–Crippen LogP) is 6.06. The van der Waals surface area contributed by atoms with Crippen LogP contribution in [0.25, 0.3) is 0 Å². The number of hydrogen-bond donors (Lipinski definition) is 0. The third kappa shape index (κ3) is 6.88. The Bertz CT molecular complexity index is 360. The highest BCUT2D eigenvalue weighted by Gasteiger charge is 2.35. The molecule has 0 radical (unpaired) electrons. The largest absolute Gasteiger partial charge is 0.464 e. The second-order valence-electron chi connectivity index (χ2n) is 7.54. The van der Waals surface area contributed by atoms with Gasteiger partial charge in [0.15, 0.2) is 0 Å². The van der Waals surface area contributed by atoms with E-state index in [0.717, 1.165) is 22.4 Å². The van der Waals surface area contributed by atoms with Crippen LogP contribution in [0.1, 0.15) is 82.1 Å². The lowest BCUT2D eigenvalue weighted by molar-refractivity contribution is 0.412. The van der Waals surface area contributed by atoms with Crippen LogP contribution in [0.5, 0.6) is 0 Å². The molecule has 0 aliphatic rings. The van der Waals surface area contributed by atoms with Gasteiger partial charge < -0.3 is 3.88 Å². The Labute approximate surface area is 144 Å². The first kappa shape index (κ1) is 21.7. The molecule has 0 amide bonds. The maximum absolute atomic E-state index is 4.80. The average molecular weight is 323 g/mol. The van der Waals surface area contributed by atoms with Gasteiger partial charge in [-0.05, 0) is 58.4 Å². The van der Waals surface area contributed by atoms with Crippen molar-refractivity contribution in [2.75, 3.05) is 0 Å². The molecule has 0 spiro atoms. The molecule has 0 aromatic rings. The first-order chi connectivity index (χ1) is 10.1. The summed E-state index contributed by atoms with van der Waals surface area (Å²) in [7, 11) is 0. The molecule has 0 fully saturated rings. The van der Waals surface area contributed by atoms with E-state index in [4.69, 9.17) is 4.99 Å². The summed E-state index contributed by atoms with van der Waals surface area (Å²) >= 11 is -1.02. The Kier molecular flexibility index (Phi) is 10.4. The van der Waals surface area contributed by atoms with Crippen molar-refractivity contribution in [1.82, 2.24) is 3.88 Å². The highest BCUT2D eigenvalue weighted by molar-refractivity contribution is 6.59. The third-order valence-electron chi connectivity index (χ3n) is 4.06. The van der Waals surface area contributed by atoms with E-state index < -0.39 is 14.4 Å². The lowest BCUT2D eigenvalue weighted by atomic mass is 10.2. The molecule has 0 rings (SSSR count). The van der Waals surface area contributed by atoms with E-state index in [1.165, 1.54) is 11.4 Å². The summed E-state index contributed by atoms with van der Waals surface area (Å²) in [6, 6.07) is 0.949. The Morgan fingerprint density at radius 3 is 1.68 bits per heavy atom. The molecule has 22 heavy (non-hydrogen) atoms. The normalized spacial score (nSPS) is 13.7. The molecule has 0 aliphatic heterocycles. The molecular weight excluding hydrogens is 283 g/mol. The van der Waals surface area contributed by atoms with Crippen molar-refractivity contribution in [3.8, 4) is 0 Å². The molecule has 0 unspecified atom stereocenters. The zero-order valence-electron chi connectivity index (χ0n) is 16.8. The number of rotatable bonds is 9. The Balaban J connectivity index is 5.77. The summed E-state index contributed by atoms with van der Waals surface area (Å²) in [6.45, 7) is 23.1. The van der Waals surface area contributed by atoms with Crippen LogP contribution in [-0.2, 0) is 0 Å². The van der Waals surface area contributed by atoms with E-state index >= 15 is 0 Å². The van der Waals surface area contributed by atoms with Gasteiger partial charge in [0.1, 0.15) is 0 Å². The van der Waals surface area contributed by atoms with Crippen molar-refractivity contribution in [1.29, 1.82) is 0 Å². The smallest absolute Gasteiger partial charge is 0.419 e. The second kappa shape index (κ2) is 10.5. The highest BCUT2D eigenvalue weighted by Crippen LogP contribution is 2.29. The predicted molar refractivity (Wildman–Crippen MR) is 104 cm³/mol. The summed E-state index contributed by atoms with van der Waals surface area (Å²) < 4.78 is 4.34. The van der Waals surface area contributed by atoms with Gasteiger partial charge in [-0.15, -0.1) is 0 Å². The van der Waals surface area contributed by atoms with E-state index in [1.54, 1.807) is 0 Å². The molecule has 0 saturated carbocycles. The van der Waals surface area contributed by atoms with Crippen molar-refractivity contribution in [3.63, 3.8) is 0 Å². The zero-order valence-corrected chi connectivity index (χ0v) is 17.9. The van der Waals surface area contributed by atoms with E-state index in [0.29, 0.717) is 12.1 Å². The summed E-state index contributed by atoms with van der Waals surface area (Å²) in [6.07, 6.45) is 4.49. The van der Waals surface area contributed by atoms with Gasteiger partial charge in [0.05, 0.1) is 0 Å². The van der Waals surface area contributed by atoms with Crippen LogP contribution in [0.15, 0.2) is 16.8 Å². The fourth-order valence-corrected chi connectivity index (χ4v) is 7.55. The van der Waals surface area contributed by atoms with Crippen LogP contribution in [0.2, 0.25) is 9.56 Å². The Hall–Kier alpha value is -0.258. The molecule has 0 aliphatic carbocycles. The third-order valence-corrected chi connectivity index (χ3v) is 8.36. The van der Waals surface area contributed by atoms with Gasteiger partial charge in [0.25, 0.3) is 0 Å². The van der Waals surface area contributed by atoms with E-state index in [9.17, 15) is 0 Å². The van der Waals surface area contributed by atoms with Crippen molar-refractivity contribution in [3.05, 3.63) is 11.8 Å². The minimum atomic E-state index is -1.02. The van der Waals surface area contributed by atoms with Gasteiger partial charge in [0.2, 0.25) is 0 Å². The maximum Gasteiger partial charge on any atom is 0.419 e. The lowest BCUT2D eigenvalue weighted by Crippen LogP contribution is -2.47. The molecule has 0 aromatic carbocycles. The minimum Gasteiger partial charge on any atom is -0.464 e. The standard InChI is InChI=1S/C13H25N2.2C3H7.Al/c1-7-12(14-10(3)4)9-13(8-2)15-11(5)6;2*1-3-2;/h9-11H,7-8H2,1-6H3;2*3H,1-2H3;/q-1;;;+1/b12-9-,15-13?;;;. The molecule has 128 valence electrons. The van der Waals surface area contributed by atoms with Gasteiger partial charge in [-0.3, -0.25) is 4.99 Å². The van der Waals surface area contributed by atoms with Gasteiger partial charge >= 0.3 is 14.4 Å². The van der Waals surface area contributed by atoms with Crippen LogP contribution in [-0.4, -0.2) is 36.0 Å². The number of allylic oxidation sites excluding steroid dienone is 2. The van der Waals surface area contributed by atoms with E-state index in [1.807, 2.05) is 0 Å². The van der Waals surface area contributed by atoms with Crippen molar-refractivity contribution in [2.45, 2.75) is 104 Å². The highest BCUT2D eigenvalue weighted by atomic mass is 27.2. The molecule has 0 bridgehead atoms. The number of aliphatic imine (C=N–C) groups is 1. The topological polar surface area (TPSA) is 15.6 Å². The SMILES string of the molecule is CCC(/C=C(/CC)[N](C(C)C)[Al]([CH](C)C)[CH](C)C)=NC(C)C. The van der Waals surface area contributed by atoms with Crippen molar-refractivity contribution < 1.29 is 0 Å². The Morgan fingerprint density at radius 1 is 0.909 bits per heavy atom.